The monoisotopic (exact) mass is 314 g/mol. The first kappa shape index (κ1) is 13.6. The fraction of sp³-hybridized carbons (Fsp3) is 0.0909. The zero-order valence-electron chi connectivity index (χ0n) is 10.0. The molecule has 0 saturated heterocycles. The molecule has 1 aromatic heterocycles. The summed E-state index contributed by atoms with van der Waals surface area (Å²) in [4.78, 5) is 15.3. The summed E-state index contributed by atoms with van der Waals surface area (Å²) < 4.78 is 42.8. The highest BCUT2D eigenvalue weighted by molar-refractivity contribution is 8.27. The maximum absolute atomic E-state index is 12.6. The number of rotatable bonds is 1. The molecule has 2 aliphatic rings. The van der Waals surface area contributed by atoms with E-state index in [1.165, 1.54) is 18.4 Å². The Hall–Kier alpha value is -2.36. The molecule has 1 amide bonds. The Labute approximate surface area is 119 Å². The number of fused-ring (bicyclic) bond motifs is 1. The number of nitrogens with zero attached hydrogens (tertiary/aromatic N) is 3. The Morgan fingerprint density at radius 2 is 2.19 bits per heavy atom. The number of amidine groups is 2. The summed E-state index contributed by atoms with van der Waals surface area (Å²) in [7, 11) is 0. The number of hydrazone groups is 1. The third kappa shape index (κ3) is 2.37. The number of hydrogen-bond acceptors (Lipinski definition) is 5. The first-order valence-corrected chi connectivity index (χ1v) is 6.29. The average molecular weight is 314 g/mol. The third-order valence-electron chi connectivity index (χ3n) is 2.53. The van der Waals surface area contributed by atoms with E-state index in [-0.39, 0.29) is 28.3 Å². The van der Waals surface area contributed by atoms with Gasteiger partial charge >= 0.3 is 6.18 Å². The molecule has 0 fully saturated rings. The van der Waals surface area contributed by atoms with Gasteiger partial charge in [-0.15, -0.1) is 0 Å². The summed E-state index contributed by atoms with van der Waals surface area (Å²) in [6.45, 7) is 0. The zero-order chi connectivity index (χ0) is 15.2. The Morgan fingerprint density at radius 3 is 2.81 bits per heavy atom. The second kappa shape index (κ2) is 4.58. The molecule has 0 atom stereocenters. The topological polar surface area (TPSA) is 82.0 Å². The molecular weight excluding hydrogens is 309 g/mol. The minimum atomic E-state index is -4.65. The van der Waals surface area contributed by atoms with Crippen LogP contribution in [-0.2, 0) is 4.79 Å². The molecule has 21 heavy (non-hydrogen) atoms. The lowest BCUT2D eigenvalue weighted by molar-refractivity contribution is -0.114. The fourth-order valence-corrected chi connectivity index (χ4v) is 2.38. The van der Waals surface area contributed by atoms with Crippen molar-refractivity contribution in [2.45, 2.75) is 6.18 Å². The maximum atomic E-state index is 12.6. The van der Waals surface area contributed by atoms with Crippen molar-refractivity contribution in [3.8, 4) is 0 Å². The van der Waals surface area contributed by atoms with Gasteiger partial charge in [0.05, 0.1) is 11.8 Å². The van der Waals surface area contributed by atoms with Gasteiger partial charge in [0.1, 0.15) is 5.76 Å². The van der Waals surface area contributed by atoms with Gasteiger partial charge in [0.2, 0.25) is 10.2 Å². The van der Waals surface area contributed by atoms with Crippen LogP contribution in [0.15, 0.2) is 38.5 Å². The summed E-state index contributed by atoms with van der Waals surface area (Å²) in [5.74, 6) is -1.00. The molecule has 108 valence electrons. The zero-order valence-corrected chi connectivity index (χ0v) is 10.8. The second-order valence-corrected chi connectivity index (χ2v) is 4.89. The largest absolute Gasteiger partial charge is 0.465 e. The van der Waals surface area contributed by atoms with Gasteiger partial charge in [-0.2, -0.15) is 28.3 Å². The third-order valence-corrected chi connectivity index (χ3v) is 3.48. The highest BCUT2D eigenvalue weighted by Gasteiger charge is 2.46. The van der Waals surface area contributed by atoms with Crippen LogP contribution >= 0.6 is 11.8 Å². The Balaban J connectivity index is 1.99. The summed E-state index contributed by atoms with van der Waals surface area (Å²) in [6.07, 6.45) is -2.06. The van der Waals surface area contributed by atoms with Gasteiger partial charge in [0, 0.05) is 0 Å². The van der Waals surface area contributed by atoms with Crippen LogP contribution in [-0.4, -0.2) is 33.1 Å². The quantitative estimate of drug-likeness (QED) is 0.807. The van der Waals surface area contributed by atoms with Crippen molar-refractivity contribution in [2.75, 3.05) is 0 Å². The molecule has 0 aliphatic carbocycles. The molecule has 0 spiro atoms. The van der Waals surface area contributed by atoms with E-state index in [0.717, 1.165) is 0 Å². The minimum Gasteiger partial charge on any atom is -0.465 e. The molecule has 0 bridgehead atoms. The van der Waals surface area contributed by atoms with Gasteiger partial charge < -0.3 is 4.42 Å². The van der Waals surface area contributed by atoms with Gasteiger partial charge in [-0.1, -0.05) is 0 Å². The lowest BCUT2D eigenvalue weighted by atomic mass is 10.1. The number of alkyl halides is 3. The Kier molecular flexibility index (Phi) is 2.97. The predicted molar refractivity (Wildman–Crippen MR) is 69.8 cm³/mol. The van der Waals surface area contributed by atoms with Crippen LogP contribution in [0.1, 0.15) is 5.76 Å². The van der Waals surface area contributed by atoms with Crippen molar-refractivity contribution < 1.29 is 22.4 Å². The molecule has 6 nitrogen and oxygen atoms in total. The van der Waals surface area contributed by atoms with Crippen molar-refractivity contribution >= 4 is 39.8 Å². The fourth-order valence-electron chi connectivity index (χ4n) is 1.62. The molecule has 0 saturated carbocycles. The summed E-state index contributed by atoms with van der Waals surface area (Å²) >= 11 is 0.208. The highest BCUT2D eigenvalue weighted by Crippen LogP contribution is 2.35. The van der Waals surface area contributed by atoms with E-state index in [9.17, 15) is 18.0 Å². The van der Waals surface area contributed by atoms with Crippen molar-refractivity contribution in [1.29, 1.82) is 5.41 Å². The first-order chi connectivity index (χ1) is 9.86. The van der Waals surface area contributed by atoms with E-state index in [4.69, 9.17) is 9.83 Å². The lowest BCUT2D eigenvalue weighted by Gasteiger charge is -2.19. The van der Waals surface area contributed by atoms with E-state index < -0.39 is 23.0 Å². The van der Waals surface area contributed by atoms with Gasteiger partial charge in [-0.05, 0) is 30.0 Å². The predicted octanol–water partition coefficient (Wildman–Crippen LogP) is 2.46. The smallest absolute Gasteiger partial charge is 0.441 e. The highest BCUT2D eigenvalue weighted by atomic mass is 32.2. The second-order valence-electron chi connectivity index (χ2n) is 3.94. The summed E-state index contributed by atoms with van der Waals surface area (Å²) in [5.41, 5.74) is -0.193. The number of carbonyl (C=O) groups is 1. The number of nitrogens with one attached hydrogen (secondary N) is 1. The van der Waals surface area contributed by atoms with Gasteiger partial charge in [-0.25, -0.2) is 0 Å². The van der Waals surface area contributed by atoms with Crippen molar-refractivity contribution in [2.24, 2.45) is 10.1 Å². The van der Waals surface area contributed by atoms with E-state index in [1.54, 1.807) is 6.07 Å². The van der Waals surface area contributed by atoms with E-state index in [1.807, 2.05) is 0 Å². The number of thioether (sulfide) groups is 1. The molecule has 0 radical (unpaired) electrons. The SMILES string of the molecule is N=C1/C(=C\c2ccco2)C(=O)N=C2SC(C(F)(F)F)=NN12. The average Bonchev–Trinajstić information content (AvgIpc) is 3.02. The number of hydrogen-bond donors (Lipinski definition) is 1. The van der Waals surface area contributed by atoms with Crippen molar-refractivity contribution in [3.05, 3.63) is 29.7 Å². The molecule has 0 unspecified atom stereocenters. The molecule has 3 rings (SSSR count). The lowest BCUT2D eigenvalue weighted by Crippen LogP contribution is -2.35. The number of carbonyl (C=O) groups excluding carboxylic acids is 1. The Morgan fingerprint density at radius 1 is 1.43 bits per heavy atom. The van der Waals surface area contributed by atoms with Crippen LogP contribution in [0.25, 0.3) is 6.08 Å². The molecular formula is C11H5F3N4O2S. The van der Waals surface area contributed by atoms with E-state index in [0.29, 0.717) is 5.01 Å². The number of amides is 1. The molecule has 0 aromatic carbocycles. The van der Waals surface area contributed by atoms with Crippen molar-refractivity contribution in [1.82, 2.24) is 5.01 Å². The summed E-state index contributed by atoms with van der Waals surface area (Å²) in [6, 6.07) is 3.11. The van der Waals surface area contributed by atoms with Gasteiger partial charge in [-0.3, -0.25) is 10.2 Å². The summed E-state index contributed by atoms with van der Waals surface area (Å²) in [5, 5.41) is 10.3. The molecule has 2 aliphatic heterocycles. The standard InChI is InChI=1S/C11H5F3N4O2S/c12-11(13,14)9-17-18-7(15)6(4-5-2-1-3-20-5)8(19)16-10(18)21-9/h1-4,15H/b6-4+,15-7?. The minimum absolute atomic E-state index is 0.193. The molecule has 1 aromatic rings. The van der Waals surface area contributed by atoms with E-state index in [2.05, 4.69) is 10.1 Å². The van der Waals surface area contributed by atoms with Crippen LogP contribution in [0.4, 0.5) is 13.2 Å². The van der Waals surface area contributed by atoms with Gasteiger partial charge in [0.15, 0.2) is 5.84 Å². The van der Waals surface area contributed by atoms with E-state index >= 15 is 0 Å². The first-order valence-electron chi connectivity index (χ1n) is 5.47. The number of halogens is 3. The van der Waals surface area contributed by atoms with Crippen LogP contribution in [0.5, 0.6) is 0 Å². The van der Waals surface area contributed by atoms with Crippen LogP contribution in [0.2, 0.25) is 0 Å². The Bertz CT molecular complexity index is 718. The van der Waals surface area contributed by atoms with Gasteiger partial charge in [0.25, 0.3) is 5.91 Å². The van der Waals surface area contributed by atoms with Crippen molar-refractivity contribution in [3.63, 3.8) is 0 Å². The van der Waals surface area contributed by atoms with Crippen LogP contribution in [0.3, 0.4) is 0 Å². The maximum Gasteiger partial charge on any atom is 0.441 e. The number of aliphatic imine (C=N–C) groups is 1. The normalized spacial score (nSPS) is 20.7. The molecule has 10 heteroatoms. The number of furan rings is 1. The van der Waals surface area contributed by atoms with Crippen LogP contribution in [0, 0.1) is 5.41 Å². The molecule has 3 heterocycles. The molecule has 1 N–H and O–H groups in total. The van der Waals surface area contributed by atoms with Crippen LogP contribution < -0.4 is 0 Å².